The number of likely N-dealkylation sites (tertiary alicyclic amines) is 1. The van der Waals surface area contributed by atoms with Crippen molar-refractivity contribution in [2.45, 2.75) is 57.2 Å². The molecular weight excluding hydrogens is 268 g/mol. The Morgan fingerprint density at radius 1 is 1.24 bits per heavy atom. The van der Waals surface area contributed by atoms with Crippen LogP contribution in [0.5, 0.6) is 0 Å². The minimum atomic E-state index is 0.469. The molecule has 7 heteroatoms. The van der Waals surface area contributed by atoms with Gasteiger partial charge in [-0.15, -0.1) is 0 Å². The van der Waals surface area contributed by atoms with Crippen LogP contribution in [0, 0.1) is 0 Å². The lowest BCUT2D eigenvalue weighted by atomic mass is 10.0. The molecule has 21 heavy (non-hydrogen) atoms. The maximum Gasteiger partial charge on any atom is 0.240 e. The topological polar surface area (TPSA) is 72.9 Å². The van der Waals surface area contributed by atoms with Crippen LogP contribution in [0.3, 0.4) is 0 Å². The monoisotopic (exact) mass is 288 g/mol. The Balaban J connectivity index is 1.42. The summed E-state index contributed by atoms with van der Waals surface area (Å²) in [6.45, 7) is 2.71. The van der Waals surface area contributed by atoms with Crippen LogP contribution in [0.4, 0.5) is 0 Å². The van der Waals surface area contributed by atoms with Gasteiger partial charge in [-0.25, -0.2) is 4.98 Å². The zero-order valence-electron chi connectivity index (χ0n) is 12.1. The van der Waals surface area contributed by atoms with E-state index in [0.29, 0.717) is 12.0 Å². The maximum absolute atomic E-state index is 5.41. The van der Waals surface area contributed by atoms with E-state index in [4.69, 9.17) is 4.52 Å². The number of nitrogens with zero attached hydrogens (tertiary/aromatic N) is 6. The standard InChI is InChI=1S/C14H20N6O/c1-2-6-19(12(3-1)7-20-10-15-9-16-20)8-13-17-14(18-21-13)11-4-5-11/h9-12H,1-8H2/t12-/m0/s1. The molecule has 0 amide bonds. The average molecular weight is 288 g/mol. The quantitative estimate of drug-likeness (QED) is 0.832. The predicted molar refractivity (Wildman–Crippen MR) is 74.3 cm³/mol. The molecule has 0 spiro atoms. The Morgan fingerprint density at radius 2 is 2.19 bits per heavy atom. The second-order valence-electron chi connectivity index (χ2n) is 6.06. The Morgan fingerprint density at radius 3 is 3.00 bits per heavy atom. The zero-order valence-corrected chi connectivity index (χ0v) is 12.1. The molecule has 3 heterocycles. The van der Waals surface area contributed by atoms with E-state index in [9.17, 15) is 0 Å². The first kappa shape index (κ1) is 12.9. The zero-order chi connectivity index (χ0) is 14.1. The smallest absolute Gasteiger partial charge is 0.240 e. The van der Waals surface area contributed by atoms with Gasteiger partial charge in [-0.3, -0.25) is 9.58 Å². The molecule has 0 unspecified atom stereocenters. The molecular formula is C14H20N6O. The number of piperidine rings is 1. The summed E-state index contributed by atoms with van der Waals surface area (Å²) in [5.74, 6) is 2.20. The van der Waals surface area contributed by atoms with Crippen molar-refractivity contribution in [2.24, 2.45) is 0 Å². The Labute approximate surface area is 123 Å². The fourth-order valence-electron chi connectivity index (χ4n) is 3.03. The van der Waals surface area contributed by atoms with Crippen LogP contribution in [0.1, 0.15) is 49.7 Å². The summed E-state index contributed by atoms with van der Waals surface area (Å²) in [5, 5.41) is 8.32. The maximum atomic E-state index is 5.41. The van der Waals surface area contributed by atoms with Crippen molar-refractivity contribution < 1.29 is 4.52 Å². The van der Waals surface area contributed by atoms with Gasteiger partial charge in [0.15, 0.2) is 5.82 Å². The van der Waals surface area contributed by atoms with Gasteiger partial charge in [0.1, 0.15) is 12.7 Å². The van der Waals surface area contributed by atoms with E-state index >= 15 is 0 Å². The lowest BCUT2D eigenvalue weighted by Gasteiger charge is -2.34. The van der Waals surface area contributed by atoms with Gasteiger partial charge in [-0.2, -0.15) is 10.1 Å². The van der Waals surface area contributed by atoms with Crippen molar-refractivity contribution in [3.8, 4) is 0 Å². The van der Waals surface area contributed by atoms with E-state index in [-0.39, 0.29) is 0 Å². The Bertz CT molecular complexity index is 576. The SMILES string of the molecule is c1ncn(C[C@@H]2CCCCN2Cc2nc(C3CC3)no2)n1. The summed E-state index contributed by atoms with van der Waals surface area (Å²) in [7, 11) is 0. The third-order valence-corrected chi connectivity index (χ3v) is 4.38. The normalized spacial score (nSPS) is 23.5. The highest BCUT2D eigenvalue weighted by Gasteiger charge is 2.30. The van der Waals surface area contributed by atoms with E-state index in [2.05, 4.69) is 25.1 Å². The molecule has 0 radical (unpaired) electrons. The molecule has 0 bridgehead atoms. The highest BCUT2D eigenvalue weighted by atomic mass is 16.5. The van der Waals surface area contributed by atoms with Crippen molar-refractivity contribution in [1.29, 1.82) is 0 Å². The minimum absolute atomic E-state index is 0.469. The fourth-order valence-corrected chi connectivity index (χ4v) is 3.03. The summed E-state index contributed by atoms with van der Waals surface area (Å²) >= 11 is 0. The summed E-state index contributed by atoms with van der Waals surface area (Å²) in [5.41, 5.74) is 0. The summed E-state index contributed by atoms with van der Waals surface area (Å²) in [4.78, 5) is 11.0. The van der Waals surface area contributed by atoms with Gasteiger partial charge in [0, 0.05) is 12.0 Å². The third kappa shape index (κ3) is 2.97. The highest BCUT2D eigenvalue weighted by Crippen LogP contribution is 2.38. The molecule has 2 aromatic rings. The van der Waals surface area contributed by atoms with Crippen LogP contribution in [0.15, 0.2) is 17.2 Å². The molecule has 0 aromatic carbocycles. The van der Waals surface area contributed by atoms with Crippen LogP contribution in [0.2, 0.25) is 0 Å². The van der Waals surface area contributed by atoms with E-state index in [0.717, 1.165) is 31.3 Å². The van der Waals surface area contributed by atoms with Gasteiger partial charge in [0.25, 0.3) is 0 Å². The van der Waals surface area contributed by atoms with Gasteiger partial charge >= 0.3 is 0 Å². The Kier molecular flexibility index (Phi) is 3.42. The van der Waals surface area contributed by atoms with Crippen LogP contribution in [-0.2, 0) is 13.1 Å². The second-order valence-corrected chi connectivity index (χ2v) is 6.06. The third-order valence-electron chi connectivity index (χ3n) is 4.38. The number of hydrogen-bond acceptors (Lipinski definition) is 6. The first-order chi connectivity index (χ1) is 10.4. The number of aromatic nitrogens is 5. The summed E-state index contributed by atoms with van der Waals surface area (Å²) in [6, 6.07) is 0.469. The largest absolute Gasteiger partial charge is 0.338 e. The first-order valence-corrected chi connectivity index (χ1v) is 7.77. The molecule has 1 saturated carbocycles. The highest BCUT2D eigenvalue weighted by molar-refractivity contribution is 5.03. The molecule has 112 valence electrons. The lowest BCUT2D eigenvalue weighted by molar-refractivity contribution is 0.108. The van der Waals surface area contributed by atoms with Crippen molar-refractivity contribution in [3.05, 3.63) is 24.4 Å². The van der Waals surface area contributed by atoms with Crippen molar-refractivity contribution >= 4 is 0 Å². The van der Waals surface area contributed by atoms with E-state index < -0.39 is 0 Å². The van der Waals surface area contributed by atoms with Gasteiger partial charge in [0.05, 0.1) is 13.1 Å². The minimum Gasteiger partial charge on any atom is -0.338 e. The average Bonchev–Trinajstić information content (AvgIpc) is 3.03. The van der Waals surface area contributed by atoms with E-state index in [1.807, 2.05) is 4.68 Å². The van der Waals surface area contributed by atoms with E-state index in [1.165, 1.54) is 32.1 Å². The van der Waals surface area contributed by atoms with Gasteiger partial charge in [-0.1, -0.05) is 11.6 Å². The lowest BCUT2D eigenvalue weighted by Crippen LogP contribution is -2.41. The van der Waals surface area contributed by atoms with Crippen LogP contribution < -0.4 is 0 Å². The summed E-state index contributed by atoms with van der Waals surface area (Å²) in [6.07, 6.45) is 9.47. The van der Waals surface area contributed by atoms with Crippen molar-refractivity contribution in [2.75, 3.05) is 6.54 Å². The van der Waals surface area contributed by atoms with Crippen LogP contribution in [-0.4, -0.2) is 42.4 Å². The Hall–Kier alpha value is -1.76. The molecule has 2 fully saturated rings. The van der Waals surface area contributed by atoms with E-state index in [1.54, 1.807) is 12.7 Å². The van der Waals surface area contributed by atoms with Gasteiger partial charge < -0.3 is 4.52 Å². The van der Waals surface area contributed by atoms with Crippen LogP contribution >= 0.6 is 0 Å². The number of hydrogen-bond donors (Lipinski definition) is 0. The molecule has 1 atom stereocenters. The van der Waals surface area contributed by atoms with Gasteiger partial charge in [-0.05, 0) is 32.2 Å². The molecule has 1 saturated heterocycles. The predicted octanol–water partition coefficient (Wildman–Crippen LogP) is 1.59. The second kappa shape index (κ2) is 5.55. The molecule has 7 nitrogen and oxygen atoms in total. The van der Waals surface area contributed by atoms with Crippen molar-refractivity contribution in [3.63, 3.8) is 0 Å². The molecule has 0 N–H and O–H groups in total. The van der Waals surface area contributed by atoms with Crippen molar-refractivity contribution in [1.82, 2.24) is 29.8 Å². The fraction of sp³-hybridized carbons (Fsp3) is 0.714. The molecule has 1 aliphatic carbocycles. The first-order valence-electron chi connectivity index (χ1n) is 7.77. The van der Waals surface area contributed by atoms with Crippen LogP contribution in [0.25, 0.3) is 0 Å². The molecule has 2 aliphatic rings. The molecule has 2 aromatic heterocycles. The number of rotatable bonds is 5. The van der Waals surface area contributed by atoms with Gasteiger partial charge in [0.2, 0.25) is 5.89 Å². The molecule has 4 rings (SSSR count). The molecule has 1 aliphatic heterocycles. The summed E-state index contributed by atoms with van der Waals surface area (Å²) < 4.78 is 7.32.